The lowest BCUT2D eigenvalue weighted by molar-refractivity contribution is 0.0539. The van der Waals surface area contributed by atoms with Crippen LogP contribution < -0.4 is 5.32 Å². The van der Waals surface area contributed by atoms with Crippen LogP contribution in [-0.4, -0.2) is 49.9 Å². The molecule has 1 N–H and O–H groups in total. The molecule has 2 atom stereocenters. The molecule has 0 radical (unpaired) electrons. The molecule has 1 fully saturated rings. The van der Waals surface area contributed by atoms with E-state index in [-0.39, 0.29) is 23.7 Å². The highest BCUT2D eigenvalue weighted by Gasteiger charge is 2.33. The monoisotopic (exact) mass is 426 g/mol. The number of aromatic nitrogens is 4. The highest BCUT2D eigenvalue weighted by Crippen LogP contribution is 2.27. The fourth-order valence-electron chi connectivity index (χ4n) is 4.05. The molecule has 0 spiro atoms. The molecular weight excluding hydrogens is 402 g/mol. The summed E-state index contributed by atoms with van der Waals surface area (Å²) >= 11 is 0. The Labute approximate surface area is 179 Å². The van der Waals surface area contributed by atoms with Crippen LogP contribution in [0.25, 0.3) is 5.69 Å². The third-order valence-corrected chi connectivity index (χ3v) is 5.68. The molecule has 31 heavy (non-hydrogen) atoms. The van der Waals surface area contributed by atoms with Crippen LogP contribution in [0.15, 0.2) is 42.9 Å². The third-order valence-electron chi connectivity index (χ3n) is 5.68. The first-order valence-electron chi connectivity index (χ1n) is 10.3. The summed E-state index contributed by atoms with van der Waals surface area (Å²) in [4.78, 5) is 20.7. The number of carbonyl (C=O) groups is 1. The number of carbonyl (C=O) groups excluding carboxylic acids is 1. The summed E-state index contributed by atoms with van der Waals surface area (Å²) in [5.74, 6) is -1.44. The topological polar surface area (TPSA) is 75.9 Å². The number of hydrogen-bond acceptors (Lipinski definition) is 5. The van der Waals surface area contributed by atoms with Crippen molar-refractivity contribution >= 4 is 11.7 Å². The maximum atomic E-state index is 14.0. The first kappa shape index (κ1) is 20.9. The number of anilines is 1. The quantitative estimate of drug-likeness (QED) is 0.675. The number of nitrogens with zero attached hydrogens (tertiary/aromatic N) is 5. The van der Waals surface area contributed by atoms with Crippen LogP contribution in [0, 0.1) is 24.5 Å². The average Bonchev–Trinajstić information content (AvgIpc) is 3.28. The second-order valence-corrected chi connectivity index (χ2v) is 7.89. The summed E-state index contributed by atoms with van der Waals surface area (Å²) in [5, 5.41) is 11.3. The highest BCUT2D eigenvalue weighted by atomic mass is 19.1. The van der Waals surface area contributed by atoms with Crippen LogP contribution in [0.5, 0.6) is 0 Å². The SMILES string of the molecule is Cc1ccc(-n2nccn2)c(C(=O)N2CCCC(C)C2CNc2ncc(F)cc2F)c1. The normalized spacial score (nSPS) is 18.8. The van der Waals surface area contributed by atoms with Crippen molar-refractivity contribution in [2.75, 3.05) is 18.4 Å². The Morgan fingerprint density at radius 3 is 2.74 bits per heavy atom. The second-order valence-electron chi connectivity index (χ2n) is 7.89. The van der Waals surface area contributed by atoms with Gasteiger partial charge < -0.3 is 10.2 Å². The van der Waals surface area contributed by atoms with Crippen LogP contribution in [-0.2, 0) is 0 Å². The number of hydrogen-bond donors (Lipinski definition) is 1. The molecule has 1 aliphatic heterocycles. The summed E-state index contributed by atoms with van der Waals surface area (Å²) in [6.07, 6.45) is 5.93. The number of halogens is 2. The molecule has 2 unspecified atom stereocenters. The van der Waals surface area contributed by atoms with Crippen molar-refractivity contribution < 1.29 is 13.6 Å². The van der Waals surface area contributed by atoms with Crippen molar-refractivity contribution in [1.82, 2.24) is 24.9 Å². The molecule has 4 rings (SSSR count). The first-order chi connectivity index (χ1) is 14.9. The van der Waals surface area contributed by atoms with Crippen molar-refractivity contribution in [2.45, 2.75) is 32.7 Å². The summed E-state index contributed by atoms with van der Waals surface area (Å²) in [6, 6.07) is 6.20. The lowest BCUT2D eigenvalue weighted by Gasteiger charge is -2.40. The van der Waals surface area contributed by atoms with Crippen LogP contribution in [0.2, 0.25) is 0 Å². The molecule has 0 aliphatic carbocycles. The minimum atomic E-state index is -0.757. The van der Waals surface area contributed by atoms with Crippen molar-refractivity contribution in [3.8, 4) is 5.69 Å². The van der Waals surface area contributed by atoms with Gasteiger partial charge in [-0.2, -0.15) is 15.0 Å². The van der Waals surface area contributed by atoms with Crippen LogP contribution >= 0.6 is 0 Å². The van der Waals surface area contributed by atoms with Gasteiger partial charge >= 0.3 is 0 Å². The molecule has 162 valence electrons. The van der Waals surface area contributed by atoms with Gasteiger partial charge in [0.2, 0.25) is 0 Å². The molecule has 3 heterocycles. The Balaban J connectivity index is 1.61. The van der Waals surface area contributed by atoms with E-state index in [2.05, 4.69) is 27.4 Å². The van der Waals surface area contributed by atoms with E-state index in [0.717, 1.165) is 30.7 Å². The Bertz CT molecular complexity index is 1070. The Kier molecular flexibility index (Phi) is 5.92. The molecule has 9 heteroatoms. The lowest BCUT2D eigenvalue weighted by atomic mass is 9.89. The zero-order valence-electron chi connectivity index (χ0n) is 17.4. The molecule has 1 saturated heterocycles. The molecule has 7 nitrogen and oxygen atoms in total. The van der Waals surface area contributed by atoms with E-state index in [0.29, 0.717) is 24.3 Å². The van der Waals surface area contributed by atoms with Crippen molar-refractivity contribution in [2.24, 2.45) is 5.92 Å². The first-order valence-corrected chi connectivity index (χ1v) is 10.3. The largest absolute Gasteiger partial charge is 0.366 e. The van der Waals surface area contributed by atoms with E-state index in [4.69, 9.17) is 0 Å². The van der Waals surface area contributed by atoms with Crippen molar-refractivity contribution in [3.05, 3.63) is 65.6 Å². The maximum Gasteiger partial charge on any atom is 0.256 e. The Hall–Kier alpha value is -3.36. The van der Waals surface area contributed by atoms with Gasteiger partial charge in [0.25, 0.3) is 5.91 Å². The molecule has 1 aliphatic rings. The van der Waals surface area contributed by atoms with E-state index in [9.17, 15) is 13.6 Å². The zero-order valence-corrected chi connectivity index (χ0v) is 17.4. The number of amides is 1. The molecule has 1 aromatic carbocycles. The lowest BCUT2D eigenvalue weighted by Crippen LogP contribution is -2.51. The predicted octanol–water partition coefficient (Wildman–Crippen LogP) is 3.60. The number of benzene rings is 1. The van der Waals surface area contributed by atoms with Gasteiger partial charge in [-0.1, -0.05) is 18.6 Å². The Morgan fingerprint density at radius 2 is 2.00 bits per heavy atom. The van der Waals surface area contributed by atoms with Gasteiger partial charge in [-0.05, 0) is 37.8 Å². The smallest absolute Gasteiger partial charge is 0.256 e. The number of nitrogens with one attached hydrogen (secondary N) is 1. The van der Waals surface area contributed by atoms with Gasteiger partial charge in [0.05, 0.1) is 35.9 Å². The zero-order chi connectivity index (χ0) is 22.0. The maximum absolute atomic E-state index is 14.0. The van der Waals surface area contributed by atoms with Gasteiger partial charge in [0, 0.05) is 19.2 Å². The summed E-state index contributed by atoms with van der Waals surface area (Å²) in [7, 11) is 0. The van der Waals surface area contributed by atoms with Crippen molar-refractivity contribution in [3.63, 3.8) is 0 Å². The molecule has 2 aromatic heterocycles. The van der Waals surface area contributed by atoms with E-state index < -0.39 is 11.6 Å². The van der Waals surface area contributed by atoms with Gasteiger partial charge in [-0.15, -0.1) is 0 Å². The van der Waals surface area contributed by atoms with Crippen LogP contribution in [0.3, 0.4) is 0 Å². The van der Waals surface area contributed by atoms with Crippen molar-refractivity contribution in [1.29, 1.82) is 0 Å². The van der Waals surface area contributed by atoms with Gasteiger partial charge in [0.1, 0.15) is 5.82 Å². The van der Waals surface area contributed by atoms with E-state index in [1.165, 1.54) is 4.80 Å². The van der Waals surface area contributed by atoms with Gasteiger partial charge in [-0.25, -0.2) is 13.8 Å². The summed E-state index contributed by atoms with van der Waals surface area (Å²) in [6.45, 7) is 4.91. The average molecular weight is 426 g/mol. The van der Waals surface area contributed by atoms with E-state index >= 15 is 0 Å². The molecule has 1 amide bonds. The van der Waals surface area contributed by atoms with Gasteiger partial charge in [0.15, 0.2) is 11.6 Å². The number of piperidine rings is 1. The Morgan fingerprint density at radius 1 is 1.23 bits per heavy atom. The van der Waals surface area contributed by atoms with Crippen LogP contribution in [0.4, 0.5) is 14.6 Å². The molecule has 0 saturated carbocycles. The fraction of sp³-hybridized carbons (Fsp3) is 0.364. The molecular formula is C22H24F2N6O. The molecule has 3 aromatic rings. The third kappa shape index (κ3) is 4.40. The number of pyridine rings is 1. The number of rotatable bonds is 5. The minimum absolute atomic E-state index is 0.0245. The standard InChI is InChI=1S/C22H24F2N6O/c1-14-5-6-19(30-27-7-8-28-30)17(10-14)22(31)29-9-3-4-15(2)20(29)13-26-21-18(24)11-16(23)12-25-21/h5-8,10-12,15,20H,3-4,9,13H2,1-2H3,(H,25,26). The molecule has 0 bridgehead atoms. The fourth-order valence-corrected chi connectivity index (χ4v) is 4.05. The summed E-state index contributed by atoms with van der Waals surface area (Å²) in [5.41, 5.74) is 2.08. The van der Waals surface area contributed by atoms with Crippen LogP contribution in [0.1, 0.15) is 35.7 Å². The summed E-state index contributed by atoms with van der Waals surface area (Å²) < 4.78 is 27.2. The van der Waals surface area contributed by atoms with Gasteiger partial charge in [-0.3, -0.25) is 4.79 Å². The number of aryl methyl sites for hydroxylation is 1. The van der Waals surface area contributed by atoms with E-state index in [1.54, 1.807) is 12.4 Å². The number of likely N-dealkylation sites (tertiary alicyclic amines) is 1. The highest BCUT2D eigenvalue weighted by molar-refractivity contribution is 5.98. The second kappa shape index (κ2) is 8.79. The van der Waals surface area contributed by atoms with E-state index in [1.807, 2.05) is 30.0 Å². The predicted molar refractivity (Wildman–Crippen MR) is 112 cm³/mol. The minimum Gasteiger partial charge on any atom is -0.366 e.